The lowest BCUT2D eigenvalue weighted by atomic mass is 10.2. The molecule has 0 heterocycles. The standard InChI is InChI=1S/C17H17NO3/c1-20-15-9-6-13(7-10-15)8-11-17(19)18-14-4-3-5-16(12-14)21-2/h3-12H,1-2H3,(H,18,19). The number of carbonyl (C=O) groups is 1. The van der Waals surface area contributed by atoms with E-state index in [4.69, 9.17) is 9.47 Å². The maximum atomic E-state index is 11.8. The zero-order valence-corrected chi connectivity index (χ0v) is 12.0. The van der Waals surface area contributed by atoms with Gasteiger partial charge in [0.05, 0.1) is 14.2 Å². The van der Waals surface area contributed by atoms with E-state index in [0.29, 0.717) is 11.4 Å². The average molecular weight is 283 g/mol. The van der Waals surface area contributed by atoms with Crippen molar-refractivity contribution in [2.75, 3.05) is 19.5 Å². The fourth-order valence-corrected chi connectivity index (χ4v) is 1.77. The summed E-state index contributed by atoms with van der Waals surface area (Å²) in [5, 5.41) is 2.78. The minimum atomic E-state index is -0.195. The Morgan fingerprint density at radius 3 is 2.38 bits per heavy atom. The molecule has 0 saturated heterocycles. The van der Waals surface area contributed by atoms with E-state index in [0.717, 1.165) is 11.3 Å². The number of methoxy groups -OCH3 is 2. The molecule has 0 spiro atoms. The van der Waals surface area contributed by atoms with Crippen LogP contribution in [0.25, 0.3) is 6.08 Å². The Morgan fingerprint density at radius 2 is 1.71 bits per heavy atom. The van der Waals surface area contributed by atoms with Crippen LogP contribution in [0.1, 0.15) is 5.56 Å². The van der Waals surface area contributed by atoms with Crippen LogP contribution in [-0.2, 0) is 4.79 Å². The summed E-state index contributed by atoms with van der Waals surface area (Å²) in [5.41, 5.74) is 1.62. The van der Waals surface area contributed by atoms with Gasteiger partial charge in [0, 0.05) is 17.8 Å². The summed E-state index contributed by atoms with van der Waals surface area (Å²) in [4.78, 5) is 11.8. The van der Waals surface area contributed by atoms with Crippen molar-refractivity contribution in [2.24, 2.45) is 0 Å². The van der Waals surface area contributed by atoms with Crippen molar-refractivity contribution in [1.82, 2.24) is 0 Å². The van der Waals surface area contributed by atoms with Gasteiger partial charge in [-0.15, -0.1) is 0 Å². The summed E-state index contributed by atoms with van der Waals surface area (Å²) in [6.45, 7) is 0. The number of hydrogen-bond acceptors (Lipinski definition) is 3. The van der Waals surface area contributed by atoms with Gasteiger partial charge in [0.25, 0.3) is 0 Å². The van der Waals surface area contributed by atoms with E-state index in [1.807, 2.05) is 42.5 Å². The minimum absolute atomic E-state index is 0.195. The van der Waals surface area contributed by atoms with Crippen molar-refractivity contribution in [2.45, 2.75) is 0 Å². The predicted octanol–water partition coefficient (Wildman–Crippen LogP) is 3.36. The van der Waals surface area contributed by atoms with Gasteiger partial charge in [0.1, 0.15) is 11.5 Å². The van der Waals surface area contributed by atoms with Crippen LogP contribution in [0, 0.1) is 0 Å². The Labute approximate surface area is 124 Å². The van der Waals surface area contributed by atoms with E-state index in [9.17, 15) is 4.79 Å². The summed E-state index contributed by atoms with van der Waals surface area (Å²) >= 11 is 0. The van der Waals surface area contributed by atoms with Crippen LogP contribution in [0.5, 0.6) is 11.5 Å². The molecule has 0 saturated carbocycles. The zero-order chi connectivity index (χ0) is 15.1. The maximum absolute atomic E-state index is 11.8. The first-order valence-corrected chi connectivity index (χ1v) is 6.48. The zero-order valence-electron chi connectivity index (χ0n) is 12.0. The molecule has 21 heavy (non-hydrogen) atoms. The highest BCUT2D eigenvalue weighted by atomic mass is 16.5. The van der Waals surface area contributed by atoms with Crippen molar-refractivity contribution in [3.63, 3.8) is 0 Å². The molecule has 2 rings (SSSR count). The van der Waals surface area contributed by atoms with E-state index in [2.05, 4.69) is 5.32 Å². The van der Waals surface area contributed by atoms with Crippen LogP contribution in [0.15, 0.2) is 54.6 Å². The van der Waals surface area contributed by atoms with Gasteiger partial charge in [-0.1, -0.05) is 18.2 Å². The molecular formula is C17H17NO3. The van der Waals surface area contributed by atoms with E-state index < -0.39 is 0 Å². The van der Waals surface area contributed by atoms with Crippen molar-refractivity contribution in [3.8, 4) is 11.5 Å². The monoisotopic (exact) mass is 283 g/mol. The minimum Gasteiger partial charge on any atom is -0.497 e. The first-order valence-electron chi connectivity index (χ1n) is 6.48. The first-order chi connectivity index (χ1) is 10.2. The highest BCUT2D eigenvalue weighted by molar-refractivity contribution is 6.02. The lowest BCUT2D eigenvalue weighted by Gasteiger charge is -2.04. The highest BCUT2D eigenvalue weighted by Crippen LogP contribution is 2.17. The van der Waals surface area contributed by atoms with Crippen LogP contribution >= 0.6 is 0 Å². The van der Waals surface area contributed by atoms with Gasteiger partial charge in [0.2, 0.25) is 5.91 Å². The van der Waals surface area contributed by atoms with Gasteiger partial charge in [0.15, 0.2) is 0 Å². The Morgan fingerprint density at radius 1 is 1.00 bits per heavy atom. The second-order valence-electron chi connectivity index (χ2n) is 4.33. The third-order valence-electron chi connectivity index (χ3n) is 2.88. The molecule has 108 valence electrons. The van der Waals surface area contributed by atoms with Gasteiger partial charge in [-0.25, -0.2) is 0 Å². The van der Waals surface area contributed by atoms with Crippen LogP contribution in [-0.4, -0.2) is 20.1 Å². The normalized spacial score (nSPS) is 10.4. The van der Waals surface area contributed by atoms with Gasteiger partial charge in [-0.2, -0.15) is 0 Å². The number of rotatable bonds is 5. The second-order valence-corrected chi connectivity index (χ2v) is 4.33. The maximum Gasteiger partial charge on any atom is 0.248 e. The summed E-state index contributed by atoms with van der Waals surface area (Å²) < 4.78 is 10.2. The lowest BCUT2D eigenvalue weighted by Crippen LogP contribution is -2.07. The number of benzene rings is 2. The number of ether oxygens (including phenoxy) is 2. The first kappa shape index (κ1) is 14.7. The Bertz CT molecular complexity index is 633. The molecule has 4 nitrogen and oxygen atoms in total. The second kappa shape index (κ2) is 7.14. The summed E-state index contributed by atoms with van der Waals surface area (Å²) in [7, 11) is 3.21. The molecule has 0 aliphatic carbocycles. The van der Waals surface area contributed by atoms with Crippen molar-refractivity contribution < 1.29 is 14.3 Å². The number of nitrogens with one attached hydrogen (secondary N) is 1. The molecule has 0 fully saturated rings. The number of carbonyl (C=O) groups excluding carboxylic acids is 1. The largest absolute Gasteiger partial charge is 0.497 e. The third-order valence-corrected chi connectivity index (χ3v) is 2.88. The highest BCUT2D eigenvalue weighted by Gasteiger charge is 1.99. The van der Waals surface area contributed by atoms with Gasteiger partial charge >= 0.3 is 0 Å². The summed E-state index contributed by atoms with van der Waals surface area (Å²) in [6.07, 6.45) is 3.23. The van der Waals surface area contributed by atoms with E-state index in [1.165, 1.54) is 6.08 Å². The molecule has 0 radical (unpaired) electrons. The molecule has 1 N–H and O–H groups in total. The smallest absolute Gasteiger partial charge is 0.248 e. The molecule has 2 aromatic rings. The molecule has 0 unspecified atom stereocenters. The fraction of sp³-hybridized carbons (Fsp3) is 0.118. The van der Waals surface area contributed by atoms with E-state index in [1.54, 1.807) is 26.4 Å². The quantitative estimate of drug-likeness (QED) is 0.856. The van der Waals surface area contributed by atoms with Gasteiger partial charge in [-0.3, -0.25) is 4.79 Å². The lowest BCUT2D eigenvalue weighted by molar-refractivity contribution is -0.111. The van der Waals surface area contributed by atoms with E-state index in [-0.39, 0.29) is 5.91 Å². The Kier molecular flexibility index (Phi) is 4.99. The average Bonchev–Trinajstić information content (AvgIpc) is 2.53. The van der Waals surface area contributed by atoms with Crippen molar-refractivity contribution in [3.05, 3.63) is 60.2 Å². The molecule has 1 amide bonds. The Hall–Kier alpha value is -2.75. The molecular weight excluding hydrogens is 266 g/mol. The molecule has 0 aromatic heterocycles. The predicted molar refractivity (Wildman–Crippen MR) is 83.7 cm³/mol. The molecule has 0 aliphatic rings. The Balaban J connectivity index is 1.98. The topological polar surface area (TPSA) is 47.6 Å². The van der Waals surface area contributed by atoms with Gasteiger partial charge in [-0.05, 0) is 35.9 Å². The number of amides is 1. The van der Waals surface area contributed by atoms with Crippen LogP contribution in [0.4, 0.5) is 5.69 Å². The van der Waals surface area contributed by atoms with Gasteiger partial charge < -0.3 is 14.8 Å². The van der Waals surface area contributed by atoms with Crippen LogP contribution in [0.3, 0.4) is 0 Å². The molecule has 0 aliphatic heterocycles. The molecule has 0 atom stereocenters. The SMILES string of the molecule is COc1ccc(C=CC(=O)Nc2cccc(OC)c2)cc1. The third kappa shape index (κ3) is 4.38. The number of hydrogen-bond donors (Lipinski definition) is 1. The van der Waals surface area contributed by atoms with E-state index >= 15 is 0 Å². The summed E-state index contributed by atoms with van der Waals surface area (Å²) in [6, 6.07) is 14.7. The summed E-state index contributed by atoms with van der Waals surface area (Å²) in [5.74, 6) is 1.29. The number of anilines is 1. The van der Waals surface area contributed by atoms with Crippen LogP contribution in [0.2, 0.25) is 0 Å². The molecule has 4 heteroatoms. The molecule has 2 aromatic carbocycles. The fourth-order valence-electron chi connectivity index (χ4n) is 1.77. The molecule has 0 bridgehead atoms. The van der Waals surface area contributed by atoms with Crippen molar-refractivity contribution in [1.29, 1.82) is 0 Å². The van der Waals surface area contributed by atoms with Crippen molar-refractivity contribution >= 4 is 17.7 Å². The van der Waals surface area contributed by atoms with Crippen LogP contribution < -0.4 is 14.8 Å².